The van der Waals surface area contributed by atoms with E-state index in [1.54, 1.807) is 29.2 Å². The van der Waals surface area contributed by atoms with Crippen molar-refractivity contribution in [1.82, 2.24) is 9.88 Å². The fraction of sp³-hybridized carbons (Fsp3) is 0.381. The summed E-state index contributed by atoms with van der Waals surface area (Å²) in [7, 11) is 0. The third-order valence-electron chi connectivity index (χ3n) is 3.95. The Morgan fingerprint density at radius 1 is 1.07 bits per heavy atom. The molecule has 1 aromatic carbocycles. The Hall–Kier alpha value is -2.89. The summed E-state index contributed by atoms with van der Waals surface area (Å²) in [4.78, 5) is 31.3. The van der Waals surface area contributed by atoms with Crippen LogP contribution in [0.15, 0.2) is 42.6 Å². The molecule has 27 heavy (non-hydrogen) atoms. The molecule has 0 radical (unpaired) electrons. The van der Waals surface area contributed by atoms with Gasteiger partial charge in [0.25, 0.3) is 11.8 Å². The number of para-hydroxylation sites is 2. The van der Waals surface area contributed by atoms with E-state index in [2.05, 4.69) is 10.3 Å². The predicted octanol–water partition coefficient (Wildman–Crippen LogP) is 3.99. The van der Waals surface area contributed by atoms with Crippen molar-refractivity contribution in [2.24, 2.45) is 0 Å². The van der Waals surface area contributed by atoms with E-state index in [4.69, 9.17) is 4.74 Å². The van der Waals surface area contributed by atoms with Crippen LogP contribution in [0.2, 0.25) is 0 Å². The summed E-state index contributed by atoms with van der Waals surface area (Å²) in [6, 6.07) is 10.4. The number of hydrogen-bond donors (Lipinski definition) is 1. The number of rotatable bonds is 9. The lowest BCUT2D eigenvalue weighted by Crippen LogP contribution is -2.33. The number of pyridine rings is 1. The number of benzene rings is 1. The minimum absolute atomic E-state index is 0.150. The molecule has 0 saturated heterocycles. The quantitative estimate of drug-likeness (QED) is 0.725. The minimum atomic E-state index is -0.309. The van der Waals surface area contributed by atoms with Gasteiger partial charge in [-0.05, 0) is 44.0 Å². The van der Waals surface area contributed by atoms with Crippen molar-refractivity contribution in [2.75, 3.05) is 25.0 Å². The Kier molecular flexibility index (Phi) is 7.79. The van der Waals surface area contributed by atoms with Crippen LogP contribution in [-0.4, -0.2) is 41.4 Å². The van der Waals surface area contributed by atoms with Crippen LogP contribution in [0.3, 0.4) is 0 Å². The molecular weight excluding hydrogens is 342 g/mol. The normalized spacial score (nSPS) is 10.3. The standard InChI is InChI=1S/C21H27N3O3/c1-4-13-24(14-5-2)21(26)18-15-16(11-12-22-18)20(25)23-17-9-7-8-10-19(17)27-6-3/h7-12,15H,4-6,13-14H2,1-3H3,(H,23,25). The molecule has 1 N–H and O–H groups in total. The fourth-order valence-electron chi connectivity index (χ4n) is 2.75. The number of nitrogens with zero attached hydrogens (tertiary/aromatic N) is 2. The minimum Gasteiger partial charge on any atom is -0.492 e. The van der Waals surface area contributed by atoms with Crippen molar-refractivity contribution in [1.29, 1.82) is 0 Å². The molecule has 0 atom stereocenters. The second-order valence-corrected chi connectivity index (χ2v) is 6.11. The average molecular weight is 369 g/mol. The highest BCUT2D eigenvalue weighted by atomic mass is 16.5. The van der Waals surface area contributed by atoms with E-state index in [1.807, 2.05) is 32.9 Å². The van der Waals surface area contributed by atoms with Crippen molar-refractivity contribution in [3.05, 3.63) is 53.9 Å². The van der Waals surface area contributed by atoms with Crippen molar-refractivity contribution in [3.63, 3.8) is 0 Å². The Labute approximate surface area is 160 Å². The van der Waals surface area contributed by atoms with Gasteiger partial charge in [-0.25, -0.2) is 0 Å². The Morgan fingerprint density at radius 2 is 1.78 bits per heavy atom. The zero-order valence-corrected chi connectivity index (χ0v) is 16.2. The van der Waals surface area contributed by atoms with Gasteiger partial charge in [-0.3, -0.25) is 14.6 Å². The summed E-state index contributed by atoms with van der Waals surface area (Å²) in [5.74, 6) is 0.148. The first-order valence-corrected chi connectivity index (χ1v) is 9.39. The first-order chi connectivity index (χ1) is 13.1. The van der Waals surface area contributed by atoms with Crippen LogP contribution in [0.1, 0.15) is 54.5 Å². The van der Waals surface area contributed by atoms with Crippen LogP contribution in [0, 0.1) is 0 Å². The molecule has 0 spiro atoms. The van der Waals surface area contributed by atoms with Gasteiger partial charge in [0.05, 0.1) is 12.3 Å². The number of carbonyl (C=O) groups is 2. The molecule has 0 fully saturated rings. The van der Waals surface area contributed by atoms with Gasteiger partial charge in [-0.15, -0.1) is 0 Å². The second-order valence-electron chi connectivity index (χ2n) is 6.11. The summed E-state index contributed by atoms with van der Waals surface area (Å²) in [5.41, 5.74) is 1.25. The molecule has 0 bridgehead atoms. The molecule has 6 nitrogen and oxygen atoms in total. The number of hydrogen-bond acceptors (Lipinski definition) is 4. The topological polar surface area (TPSA) is 71.5 Å². The van der Waals surface area contributed by atoms with E-state index in [0.29, 0.717) is 36.7 Å². The van der Waals surface area contributed by atoms with Gasteiger partial charge in [0.15, 0.2) is 0 Å². The van der Waals surface area contributed by atoms with Gasteiger partial charge in [0.1, 0.15) is 11.4 Å². The van der Waals surface area contributed by atoms with E-state index in [0.717, 1.165) is 12.8 Å². The Balaban J connectivity index is 2.19. The maximum Gasteiger partial charge on any atom is 0.272 e. The molecule has 1 aromatic heterocycles. The van der Waals surface area contributed by atoms with Gasteiger partial charge in [0.2, 0.25) is 0 Å². The zero-order chi connectivity index (χ0) is 19.6. The lowest BCUT2D eigenvalue weighted by Gasteiger charge is -2.21. The molecule has 0 unspecified atom stereocenters. The smallest absolute Gasteiger partial charge is 0.272 e. The number of amides is 2. The molecule has 0 saturated carbocycles. The van der Waals surface area contributed by atoms with E-state index in [-0.39, 0.29) is 17.5 Å². The van der Waals surface area contributed by atoms with E-state index < -0.39 is 0 Å². The first kappa shape index (κ1) is 20.4. The highest BCUT2D eigenvalue weighted by Gasteiger charge is 2.18. The lowest BCUT2D eigenvalue weighted by molar-refractivity contribution is 0.0749. The summed E-state index contributed by atoms with van der Waals surface area (Å²) >= 11 is 0. The molecular formula is C21H27N3O3. The summed E-state index contributed by atoms with van der Waals surface area (Å²) in [6.45, 7) is 7.80. The van der Waals surface area contributed by atoms with Gasteiger partial charge < -0.3 is 15.0 Å². The number of nitrogens with one attached hydrogen (secondary N) is 1. The van der Waals surface area contributed by atoms with Crippen molar-refractivity contribution < 1.29 is 14.3 Å². The predicted molar refractivity (Wildman–Crippen MR) is 106 cm³/mol. The van der Waals surface area contributed by atoms with Crippen LogP contribution in [0.4, 0.5) is 5.69 Å². The third kappa shape index (κ3) is 5.54. The van der Waals surface area contributed by atoms with Gasteiger partial charge >= 0.3 is 0 Å². The summed E-state index contributed by atoms with van der Waals surface area (Å²) in [5, 5.41) is 2.84. The molecule has 144 valence electrons. The molecule has 6 heteroatoms. The van der Waals surface area contributed by atoms with Gasteiger partial charge in [-0.1, -0.05) is 26.0 Å². The van der Waals surface area contributed by atoms with Crippen molar-refractivity contribution in [2.45, 2.75) is 33.6 Å². The Morgan fingerprint density at radius 3 is 2.44 bits per heavy atom. The zero-order valence-electron chi connectivity index (χ0n) is 16.2. The van der Waals surface area contributed by atoms with E-state index >= 15 is 0 Å². The largest absolute Gasteiger partial charge is 0.492 e. The maximum absolute atomic E-state index is 12.7. The van der Waals surface area contributed by atoms with E-state index in [9.17, 15) is 9.59 Å². The molecule has 2 rings (SSSR count). The molecule has 0 aliphatic carbocycles. The van der Waals surface area contributed by atoms with Crippen LogP contribution >= 0.6 is 0 Å². The number of aromatic nitrogens is 1. The summed E-state index contributed by atoms with van der Waals surface area (Å²) in [6.07, 6.45) is 3.24. The molecule has 2 amide bonds. The number of anilines is 1. The first-order valence-electron chi connectivity index (χ1n) is 9.39. The highest BCUT2D eigenvalue weighted by Crippen LogP contribution is 2.24. The monoisotopic (exact) mass is 369 g/mol. The van der Waals surface area contributed by atoms with Crippen LogP contribution < -0.4 is 10.1 Å². The van der Waals surface area contributed by atoms with Crippen molar-refractivity contribution >= 4 is 17.5 Å². The average Bonchev–Trinajstić information content (AvgIpc) is 2.69. The number of carbonyl (C=O) groups excluding carboxylic acids is 2. The van der Waals surface area contributed by atoms with Gasteiger partial charge in [-0.2, -0.15) is 0 Å². The number of ether oxygens (including phenoxy) is 1. The van der Waals surface area contributed by atoms with Crippen LogP contribution in [-0.2, 0) is 0 Å². The molecule has 1 heterocycles. The van der Waals surface area contributed by atoms with Crippen molar-refractivity contribution in [3.8, 4) is 5.75 Å². The molecule has 2 aromatic rings. The highest BCUT2D eigenvalue weighted by molar-refractivity contribution is 6.06. The Bertz CT molecular complexity index is 771. The molecule has 0 aliphatic rings. The maximum atomic E-state index is 12.7. The summed E-state index contributed by atoms with van der Waals surface area (Å²) < 4.78 is 5.53. The van der Waals surface area contributed by atoms with Crippen LogP contribution in [0.5, 0.6) is 5.75 Å². The molecule has 0 aliphatic heterocycles. The lowest BCUT2D eigenvalue weighted by atomic mass is 10.2. The van der Waals surface area contributed by atoms with Gasteiger partial charge in [0, 0.05) is 24.8 Å². The second kappa shape index (κ2) is 10.3. The fourth-order valence-corrected chi connectivity index (χ4v) is 2.75. The third-order valence-corrected chi connectivity index (χ3v) is 3.95. The SMILES string of the molecule is CCCN(CCC)C(=O)c1cc(C(=O)Nc2ccccc2OCC)ccn1. The van der Waals surface area contributed by atoms with E-state index in [1.165, 1.54) is 6.20 Å². The van der Waals surface area contributed by atoms with Crippen LogP contribution in [0.25, 0.3) is 0 Å².